The first kappa shape index (κ1) is 51.7. The molecule has 77 heavy (non-hydrogen) atoms. The lowest BCUT2D eigenvalue weighted by Gasteiger charge is -2.51. The van der Waals surface area contributed by atoms with Gasteiger partial charge in [0.1, 0.15) is 0 Å². The van der Waals surface area contributed by atoms with E-state index in [2.05, 4.69) is 261 Å². The topological polar surface area (TPSA) is 9.72 Å². The summed E-state index contributed by atoms with van der Waals surface area (Å²) in [6, 6.07) is 49.2. The van der Waals surface area contributed by atoms with E-state index in [1.54, 1.807) is 0 Å². The van der Waals surface area contributed by atoms with Crippen molar-refractivity contribution in [3.05, 3.63) is 171 Å². The van der Waals surface area contributed by atoms with Crippen LogP contribution in [0.4, 0.5) is 45.5 Å². The second-order valence-corrected chi connectivity index (χ2v) is 29.5. The quantitative estimate of drug-likeness (QED) is 0.163. The highest BCUT2D eigenvalue weighted by Crippen LogP contribution is 2.62. The molecule has 2 atom stereocenters. The van der Waals surface area contributed by atoms with Gasteiger partial charge >= 0.3 is 0 Å². The van der Waals surface area contributed by atoms with E-state index in [1.807, 2.05) is 0 Å². The lowest BCUT2D eigenvalue weighted by Crippen LogP contribution is -2.62. The van der Waals surface area contributed by atoms with Gasteiger partial charge in [0.05, 0.1) is 11.2 Å². The molecule has 1 fully saturated rings. The summed E-state index contributed by atoms with van der Waals surface area (Å²) < 4.78 is 0. The summed E-state index contributed by atoms with van der Waals surface area (Å²) in [6.45, 7) is 43.5. The molecule has 0 saturated heterocycles. The number of hydrogen-bond acceptors (Lipinski definition) is 3. The van der Waals surface area contributed by atoms with Crippen LogP contribution < -0.4 is 31.1 Å². The SMILES string of the molecule is Cc1cc(C)c2c(c1)C1(C)CCCCC1(C)N2c1ccc2c(c1)N(c1ccc(C(C)(C)C)cc1C)c1cc(C(C)(C)C)cc3c1B2c1cc2c(cc1N3c1ccc(C(C)(C)C)cc1-c1ccccc1)C(C)(C)CCC2(C)C. The molecule has 7 aromatic rings. The number of hydrogen-bond donors (Lipinski definition) is 0. The van der Waals surface area contributed by atoms with E-state index in [9.17, 15) is 0 Å². The fourth-order valence-electron chi connectivity index (χ4n) is 15.2. The van der Waals surface area contributed by atoms with Crippen molar-refractivity contribution in [1.82, 2.24) is 0 Å². The van der Waals surface area contributed by atoms with Crippen LogP contribution in [0.15, 0.2) is 121 Å². The standard InChI is InChI=1S/C73H86BN3/c1-45-36-47(3)66-56(37-45)72(17)32-22-23-33-73(72,18)77(66)52-28-29-57-61(42-52)75(59-30-26-49(38-46(59)2)67(4,5)6)63-40-51(69(10,11)12)41-64-65(63)74(57)58-43-54-55(71(15,16)35-34-70(54,13)14)44-62(58)76(64)60-31-27-50(68(7,8)9)39-53(60)48-24-20-19-21-25-48/h19-21,24-31,36-44H,22-23,32-35H2,1-18H3. The van der Waals surface area contributed by atoms with Gasteiger partial charge in [0.2, 0.25) is 0 Å². The molecule has 1 saturated carbocycles. The molecule has 2 aliphatic carbocycles. The van der Waals surface area contributed by atoms with Crippen LogP contribution in [0.5, 0.6) is 0 Å². The number of benzene rings is 7. The molecule has 3 heterocycles. The largest absolute Gasteiger partial charge is 0.334 e. The first-order valence-electron chi connectivity index (χ1n) is 29.4. The maximum absolute atomic E-state index is 2.83. The van der Waals surface area contributed by atoms with E-state index in [-0.39, 0.29) is 44.7 Å². The van der Waals surface area contributed by atoms with E-state index in [0.29, 0.717) is 0 Å². The van der Waals surface area contributed by atoms with Crippen LogP contribution in [-0.2, 0) is 32.5 Å². The molecule has 0 N–H and O–H groups in total. The predicted octanol–water partition coefficient (Wildman–Crippen LogP) is 18.3. The van der Waals surface area contributed by atoms with Crippen LogP contribution in [0.25, 0.3) is 11.1 Å². The van der Waals surface area contributed by atoms with Gasteiger partial charge in [-0.1, -0.05) is 188 Å². The molecule has 3 nitrogen and oxygen atoms in total. The Hall–Kier alpha value is -6.00. The van der Waals surface area contributed by atoms with Crippen LogP contribution in [0.2, 0.25) is 0 Å². The molecule has 0 aromatic heterocycles. The minimum Gasteiger partial charge on any atom is -0.334 e. The van der Waals surface area contributed by atoms with Gasteiger partial charge in [0, 0.05) is 50.8 Å². The smallest absolute Gasteiger partial charge is 0.252 e. The molecule has 0 bridgehead atoms. The molecule has 0 radical (unpaired) electrons. The molecule has 5 aliphatic rings. The van der Waals surface area contributed by atoms with Gasteiger partial charge in [0.25, 0.3) is 6.71 Å². The zero-order chi connectivity index (χ0) is 54.9. The number of nitrogens with zero attached hydrogens (tertiary/aromatic N) is 3. The van der Waals surface area contributed by atoms with Crippen LogP contribution in [0.3, 0.4) is 0 Å². The summed E-state index contributed by atoms with van der Waals surface area (Å²) >= 11 is 0. The Morgan fingerprint density at radius 3 is 1.64 bits per heavy atom. The molecule has 7 aromatic carbocycles. The van der Waals surface area contributed by atoms with Crippen molar-refractivity contribution in [2.24, 2.45) is 0 Å². The van der Waals surface area contributed by atoms with Crippen LogP contribution in [-0.4, -0.2) is 12.3 Å². The third kappa shape index (κ3) is 7.78. The normalized spacial score (nSPS) is 21.0. The first-order valence-corrected chi connectivity index (χ1v) is 29.4. The van der Waals surface area contributed by atoms with E-state index in [4.69, 9.17) is 0 Å². The molecular weight excluding hydrogens is 930 g/mol. The molecule has 0 spiro atoms. The summed E-state index contributed by atoms with van der Waals surface area (Å²) in [5.74, 6) is 0. The number of aryl methyl sites for hydroxylation is 3. The van der Waals surface area contributed by atoms with Crippen LogP contribution in [0, 0.1) is 20.8 Å². The molecular formula is C73H86BN3. The molecule has 3 aliphatic heterocycles. The molecule has 0 amide bonds. The van der Waals surface area contributed by atoms with Gasteiger partial charge in [-0.3, -0.25) is 0 Å². The highest BCUT2D eigenvalue weighted by molar-refractivity contribution is 7.00. The van der Waals surface area contributed by atoms with Gasteiger partial charge in [-0.05, 0) is 195 Å². The van der Waals surface area contributed by atoms with Crippen molar-refractivity contribution in [2.45, 2.75) is 201 Å². The molecule has 4 heteroatoms. The Kier molecular flexibility index (Phi) is 11.4. The second kappa shape index (κ2) is 17.0. The van der Waals surface area contributed by atoms with Gasteiger partial charge in [0.15, 0.2) is 0 Å². The first-order chi connectivity index (χ1) is 36.0. The Morgan fingerprint density at radius 2 is 1.01 bits per heavy atom. The van der Waals surface area contributed by atoms with Gasteiger partial charge in [-0.2, -0.15) is 0 Å². The fourth-order valence-corrected chi connectivity index (χ4v) is 15.2. The van der Waals surface area contributed by atoms with E-state index >= 15 is 0 Å². The van der Waals surface area contributed by atoms with Crippen molar-refractivity contribution in [3.8, 4) is 11.1 Å². The Bertz CT molecular complexity index is 3570. The second-order valence-electron chi connectivity index (χ2n) is 29.5. The maximum Gasteiger partial charge on any atom is 0.252 e. The van der Waals surface area contributed by atoms with Gasteiger partial charge in [-0.15, -0.1) is 0 Å². The van der Waals surface area contributed by atoms with E-state index in [1.165, 1.54) is 142 Å². The van der Waals surface area contributed by atoms with E-state index < -0.39 is 0 Å². The molecule has 12 rings (SSSR count). The van der Waals surface area contributed by atoms with Crippen molar-refractivity contribution in [3.63, 3.8) is 0 Å². The van der Waals surface area contributed by atoms with Crippen molar-refractivity contribution >= 4 is 68.6 Å². The minimum atomic E-state index is -0.152. The Morgan fingerprint density at radius 1 is 0.442 bits per heavy atom. The average Bonchev–Trinajstić information content (AvgIpc) is 3.83. The lowest BCUT2D eigenvalue weighted by molar-refractivity contribution is 0.195. The summed E-state index contributed by atoms with van der Waals surface area (Å²) in [5.41, 5.74) is 29.5. The fraction of sp³-hybridized carbons (Fsp3) is 0.425. The van der Waals surface area contributed by atoms with Crippen LogP contribution in [0.1, 0.15) is 192 Å². The Balaban J connectivity index is 1.22. The third-order valence-corrected chi connectivity index (χ3v) is 20.2. The third-order valence-electron chi connectivity index (χ3n) is 20.2. The van der Waals surface area contributed by atoms with Crippen molar-refractivity contribution in [2.75, 3.05) is 14.7 Å². The number of anilines is 8. The summed E-state index contributed by atoms with van der Waals surface area (Å²) in [6.07, 6.45) is 7.20. The number of rotatable bonds is 4. The average molecular weight is 1020 g/mol. The highest BCUT2D eigenvalue weighted by atomic mass is 15.3. The monoisotopic (exact) mass is 1020 g/mol. The highest BCUT2D eigenvalue weighted by Gasteiger charge is 2.58. The minimum absolute atomic E-state index is 0.0127. The van der Waals surface area contributed by atoms with E-state index in [0.717, 1.165) is 19.3 Å². The zero-order valence-electron chi connectivity index (χ0n) is 50.2. The summed E-state index contributed by atoms with van der Waals surface area (Å²) in [7, 11) is 0. The summed E-state index contributed by atoms with van der Waals surface area (Å²) in [5, 5.41) is 0. The van der Waals surface area contributed by atoms with Crippen LogP contribution >= 0.6 is 0 Å². The van der Waals surface area contributed by atoms with Gasteiger partial charge in [-0.25, -0.2) is 0 Å². The number of fused-ring (bicyclic) bond motifs is 8. The van der Waals surface area contributed by atoms with Gasteiger partial charge < -0.3 is 14.7 Å². The predicted molar refractivity (Wildman–Crippen MR) is 334 cm³/mol. The van der Waals surface area contributed by atoms with Crippen molar-refractivity contribution in [1.29, 1.82) is 0 Å². The molecule has 396 valence electrons. The lowest BCUT2D eigenvalue weighted by atomic mass is 9.33. The zero-order valence-corrected chi connectivity index (χ0v) is 50.2. The maximum atomic E-state index is 2.83. The van der Waals surface area contributed by atoms with Crippen molar-refractivity contribution < 1.29 is 0 Å². The Labute approximate surface area is 464 Å². The molecule has 2 unspecified atom stereocenters. The summed E-state index contributed by atoms with van der Waals surface area (Å²) in [4.78, 5) is 8.29.